The van der Waals surface area contributed by atoms with Gasteiger partial charge in [-0.2, -0.15) is 0 Å². The molecule has 0 fully saturated rings. The molecule has 98 valence electrons. The van der Waals surface area contributed by atoms with Crippen molar-refractivity contribution in [3.05, 3.63) is 33.4 Å². The lowest BCUT2D eigenvalue weighted by molar-refractivity contribution is -0.112. The van der Waals surface area contributed by atoms with E-state index in [1.807, 2.05) is 27.7 Å². The van der Waals surface area contributed by atoms with Crippen molar-refractivity contribution >= 4 is 33.7 Å². The van der Waals surface area contributed by atoms with Gasteiger partial charge in [0.25, 0.3) is 0 Å². The van der Waals surface area contributed by atoms with Gasteiger partial charge in [0.15, 0.2) is 0 Å². The Hall–Kier alpha value is -0.860. The Morgan fingerprint density at radius 2 is 0.944 bits per heavy atom. The van der Waals surface area contributed by atoms with Crippen molar-refractivity contribution in [3.63, 3.8) is 0 Å². The van der Waals surface area contributed by atoms with E-state index in [1.54, 1.807) is 0 Å². The van der Waals surface area contributed by atoms with Crippen molar-refractivity contribution in [2.75, 3.05) is 0 Å². The molecule has 1 aromatic carbocycles. The van der Waals surface area contributed by atoms with Crippen LogP contribution < -0.4 is 0 Å². The SMILES string of the molecule is Cc1c(C)c(CC(=O)Cl)c(C)c(C)c1CC(=O)Cl. The van der Waals surface area contributed by atoms with Gasteiger partial charge < -0.3 is 0 Å². The third kappa shape index (κ3) is 3.12. The van der Waals surface area contributed by atoms with Crippen LogP contribution in [0.5, 0.6) is 0 Å². The first-order valence-corrected chi connectivity index (χ1v) is 6.46. The summed E-state index contributed by atoms with van der Waals surface area (Å²) in [7, 11) is 0. The van der Waals surface area contributed by atoms with E-state index in [-0.39, 0.29) is 23.3 Å². The molecule has 0 aliphatic heterocycles. The molecular weight excluding hydrogens is 271 g/mol. The summed E-state index contributed by atoms with van der Waals surface area (Å²) in [6.45, 7) is 7.77. The van der Waals surface area contributed by atoms with Gasteiger partial charge in [-0.15, -0.1) is 0 Å². The Morgan fingerprint density at radius 1 is 0.722 bits per heavy atom. The molecule has 0 radical (unpaired) electrons. The maximum atomic E-state index is 11.1. The van der Waals surface area contributed by atoms with Crippen molar-refractivity contribution in [2.24, 2.45) is 0 Å². The van der Waals surface area contributed by atoms with E-state index in [9.17, 15) is 9.59 Å². The van der Waals surface area contributed by atoms with Gasteiger partial charge >= 0.3 is 0 Å². The summed E-state index contributed by atoms with van der Waals surface area (Å²) in [5.41, 5.74) is 5.96. The molecule has 0 heterocycles. The van der Waals surface area contributed by atoms with Crippen molar-refractivity contribution in [1.82, 2.24) is 0 Å². The van der Waals surface area contributed by atoms with Gasteiger partial charge in [-0.25, -0.2) is 0 Å². The van der Waals surface area contributed by atoms with Crippen LogP contribution in [0.15, 0.2) is 0 Å². The molecule has 0 unspecified atom stereocenters. The monoisotopic (exact) mass is 286 g/mol. The van der Waals surface area contributed by atoms with Gasteiger partial charge in [-0.3, -0.25) is 9.59 Å². The first-order chi connectivity index (χ1) is 8.25. The highest BCUT2D eigenvalue weighted by Crippen LogP contribution is 2.28. The number of benzene rings is 1. The van der Waals surface area contributed by atoms with Gasteiger partial charge in [0.2, 0.25) is 10.5 Å². The van der Waals surface area contributed by atoms with Gasteiger partial charge in [0.1, 0.15) is 0 Å². The van der Waals surface area contributed by atoms with E-state index in [1.165, 1.54) is 0 Å². The van der Waals surface area contributed by atoms with Crippen LogP contribution in [0.4, 0.5) is 0 Å². The Labute approximate surface area is 117 Å². The van der Waals surface area contributed by atoms with Crippen LogP contribution in [-0.2, 0) is 22.4 Å². The zero-order valence-electron chi connectivity index (χ0n) is 11.0. The number of carbonyl (C=O) groups is 2. The van der Waals surface area contributed by atoms with Crippen molar-refractivity contribution in [1.29, 1.82) is 0 Å². The highest BCUT2D eigenvalue weighted by atomic mass is 35.5. The number of rotatable bonds is 4. The summed E-state index contributed by atoms with van der Waals surface area (Å²) in [4.78, 5) is 22.2. The van der Waals surface area contributed by atoms with E-state index in [4.69, 9.17) is 23.2 Å². The minimum Gasteiger partial charge on any atom is -0.281 e. The molecular formula is C14H16Cl2O2. The maximum Gasteiger partial charge on any atom is 0.226 e. The average molecular weight is 287 g/mol. The molecule has 1 aromatic rings. The molecule has 0 spiro atoms. The van der Waals surface area contributed by atoms with Crippen LogP contribution in [0.25, 0.3) is 0 Å². The van der Waals surface area contributed by atoms with Crippen molar-refractivity contribution in [2.45, 2.75) is 40.5 Å². The zero-order chi connectivity index (χ0) is 14.0. The lowest BCUT2D eigenvalue weighted by atomic mass is 9.87. The molecule has 0 saturated carbocycles. The molecule has 0 aromatic heterocycles. The number of carbonyl (C=O) groups excluding carboxylic acids is 2. The van der Waals surface area contributed by atoms with Crippen LogP contribution in [0.2, 0.25) is 0 Å². The predicted molar refractivity (Wildman–Crippen MR) is 74.5 cm³/mol. The molecule has 0 aliphatic carbocycles. The first-order valence-electron chi connectivity index (χ1n) is 5.70. The van der Waals surface area contributed by atoms with Crippen LogP contribution in [-0.4, -0.2) is 10.5 Å². The maximum absolute atomic E-state index is 11.1. The van der Waals surface area contributed by atoms with E-state index in [0.29, 0.717) is 0 Å². The minimum atomic E-state index is -0.374. The fourth-order valence-electron chi connectivity index (χ4n) is 2.28. The van der Waals surface area contributed by atoms with Gasteiger partial charge in [0, 0.05) is 12.8 Å². The fourth-order valence-corrected chi connectivity index (χ4v) is 2.54. The molecule has 1 rings (SSSR count). The molecule has 0 amide bonds. The molecule has 0 atom stereocenters. The van der Waals surface area contributed by atoms with Crippen molar-refractivity contribution in [3.8, 4) is 0 Å². The second-order valence-electron chi connectivity index (χ2n) is 4.52. The average Bonchev–Trinajstić information content (AvgIpc) is 2.27. The summed E-state index contributed by atoms with van der Waals surface area (Å²) < 4.78 is 0. The molecule has 0 bridgehead atoms. The van der Waals surface area contributed by atoms with E-state index < -0.39 is 0 Å². The Balaban J connectivity index is 3.44. The zero-order valence-corrected chi connectivity index (χ0v) is 12.5. The molecule has 0 aliphatic rings. The van der Waals surface area contributed by atoms with Crippen LogP contribution in [0.1, 0.15) is 33.4 Å². The third-order valence-corrected chi connectivity index (χ3v) is 3.83. The van der Waals surface area contributed by atoms with Gasteiger partial charge in [-0.1, -0.05) is 0 Å². The van der Waals surface area contributed by atoms with Crippen LogP contribution >= 0.6 is 23.2 Å². The first kappa shape index (κ1) is 15.2. The Kier molecular flexibility index (Phi) is 4.94. The number of hydrogen-bond donors (Lipinski definition) is 0. The van der Waals surface area contributed by atoms with E-state index in [2.05, 4.69) is 0 Å². The Morgan fingerprint density at radius 3 is 1.11 bits per heavy atom. The number of halogens is 2. The van der Waals surface area contributed by atoms with Crippen LogP contribution in [0, 0.1) is 27.7 Å². The van der Waals surface area contributed by atoms with Gasteiger partial charge in [0.05, 0.1) is 0 Å². The summed E-state index contributed by atoms with van der Waals surface area (Å²) in [6.07, 6.45) is 0.437. The predicted octanol–water partition coefficient (Wildman–Crippen LogP) is 3.54. The lowest BCUT2D eigenvalue weighted by Crippen LogP contribution is -2.09. The standard InChI is InChI=1S/C14H16Cl2O2/c1-7-8(2)12(6-14(16)18)10(4)9(3)11(7)5-13(15)17/h5-6H2,1-4H3. The second-order valence-corrected chi connectivity index (χ2v) is 5.36. The normalized spacial score (nSPS) is 10.6. The third-order valence-electron chi connectivity index (χ3n) is 3.57. The highest BCUT2D eigenvalue weighted by Gasteiger charge is 2.17. The summed E-state index contributed by atoms with van der Waals surface area (Å²) in [5.74, 6) is 0. The van der Waals surface area contributed by atoms with Crippen LogP contribution in [0.3, 0.4) is 0 Å². The van der Waals surface area contributed by atoms with Gasteiger partial charge in [-0.05, 0) is 84.3 Å². The molecule has 0 N–H and O–H groups in total. The van der Waals surface area contributed by atoms with E-state index in [0.717, 1.165) is 33.4 Å². The topological polar surface area (TPSA) is 34.1 Å². The van der Waals surface area contributed by atoms with E-state index >= 15 is 0 Å². The Bertz CT molecular complexity index is 443. The largest absolute Gasteiger partial charge is 0.281 e. The quantitative estimate of drug-likeness (QED) is 0.794. The molecule has 18 heavy (non-hydrogen) atoms. The number of hydrogen-bond acceptors (Lipinski definition) is 2. The summed E-state index contributed by atoms with van der Waals surface area (Å²) in [5, 5.41) is -0.748. The summed E-state index contributed by atoms with van der Waals surface area (Å²) in [6, 6.07) is 0. The molecule has 0 saturated heterocycles. The lowest BCUT2D eigenvalue weighted by Gasteiger charge is -2.19. The fraction of sp³-hybridized carbons (Fsp3) is 0.429. The minimum absolute atomic E-state index is 0.218. The highest BCUT2D eigenvalue weighted by molar-refractivity contribution is 6.64. The van der Waals surface area contributed by atoms with Crippen molar-refractivity contribution < 1.29 is 9.59 Å². The molecule has 2 nitrogen and oxygen atoms in total. The smallest absolute Gasteiger partial charge is 0.226 e. The second kappa shape index (κ2) is 5.85. The molecule has 4 heteroatoms. The summed E-state index contributed by atoms with van der Waals surface area (Å²) >= 11 is 10.9.